The molecule has 1 aromatic rings. The van der Waals surface area contributed by atoms with Crippen LogP contribution in [-0.4, -0.2) is 13.4 Å². The van der Waals surface area contributed by atoms with Crippen LogP contribution in [0.2, 0.25) is 0 Å². The van der Waals surface area contributed by atoms with Crippen LogP contribution in [0.1, 0.15) is 5.56 Å². The molecular formula is C15H6Br12. The topological polar surface area (TPSA) is 0 Å². The lowest BCUT2D eigenvalue weighted by Crippen LogP contribution is -2.66. The number of rotatable bonds is 2. The monoisotopic (exact) mass is 1130 g/mol. The van der Waals surface area contributed by atoms with Gasteiger partial charge in [0.2, 0.25) is 0 Å². The fourth-order valence-corrected chi connectivity index (χ4v) is 17.9. The molecule has 2 unspecified atom stereocenters. The van der Waals surface area contributed by atoms with E-state index in [1.165, 1.54) is 0 Å². The average Bonchev–Trinajstić information content (AvgIpc) is 2.56. The molecule has 0 nitrogen and oxygen atoms in total. The van der Waals surface area contributed by atoms with Crippen molar-refractivity contribution in [2.45, 2.75) is 18.9 Å². The smallest absolute Gasteiger partial charge is 0.0813 e. The van der Waals surface area contributed by atoms with E-state index in [4.69, 9.17) is 0 Å². The molecule has 0 radical (unpaired) electrons. The summed E-state index contributed by atoms with van der Waals surface area (Å²) < 4.78 is 1.36. The van der Waals surface area contributed by atoms with Gasteiger partial charge in [-0.3, -0.25) is 0 Å². The molecule has 1 aliphatic rings. The van der Waals surface area contributed by atoms with Gasteiger partial charge >= 0.3 is 0 Å². The zero-order chi connectivity index (χ0) is 21.0. The maximum atomic E-state index is 4.12. The van der Waals surface area contributed by atoms with Gasteiger partial charge in [0.25, 0.3) is 0 Å². The fourth-order valence-electron chi connectivity index (χ4n) is 2.91. The van der Waals surface area contributed by atoms with E-state index in [2.05, 4.69) is 203 Å². The van der Waals surface area contributed by atoms with Crippen LogP contribution < -0.4 is 0 Å². The molecule has 12 heteroatoms. The number of halogens is 12. The standard InChI is InChI=1S/C15H6Br12/c16-7-8(17)10(19)12(21,11(20)9(7)18)13(14(22,23)24,15(25,26)27)6-4-2-1-3-5-6/h1-5,10H. The van der Waals surface area contributed by atoms with Crippen LogP contribution in [0.3, 0.4) is 0 Å². The summed E-state index contributed by atoms with van der Waals surface area (Å²) in [4.78, 5) is -0.172. The van der Waals surface area contributed by atoms with E-state index < -0.39 is 14.0 Å². The predicted molar refractivity (Wildman–Crippen MR) is 161 cm³/mol. The molecule has 0 aliphatic heterocycles. The minimum Gasteiger partial charge on any atom is -0.0813 e. The lowest BCUT2D eigenvalue weighted by atomic mass is 9.70. The Kier molecular flexibility index (Phi) is 10.2. The van der Waals surface area contributed by atoms with Gasteiger partial charge in [-0.25, -0.2) is 0 Å². The van der Waals surface area contributed by atoms with Crippen LogP contribution in [0.15, 0.2) is 48.3 Å². The molecule has 0 amide bonds. The van der Waals surface area contributed by atoms with Crippen molar-refractivity contribution in [1.29, 1.82) is 0 Å². The summed E-state index contributed by atoms with van der Waals surface area (Å²) >= 11 is 46.1. The second kappa shape index (κ2) is 9.98. The van der Waals surface area contributed by atoms with Crippen LogP contribution in [-0.2, 0) is 5.41 Å². The second-order valence-electron chi connectivity index (χ2n) is 5.48. The molecule has 1 aliphatic carbocycles. The molecule has 2 atom stereocenters. The Labute approximate surface area is 259 Å². The summed E-state index contributed by atoms with van der Waals surface area (Å²) in [6.45, 7) is 0. The van der Waals surface area contributed by atoms with Gasteiger partial charge in [-0.2, -0.15) is 0 Å². The van der Waals surface area contributed by atoms with Crippen LogP contribution in [0, 0.1) is 0 Å². The van der Waals surface area contributed by atoms with E-state index >= 15 is 0 Å². The molecule has 0 spiro atoms. The van der Waals surface area contributed by atoms with E-state index in [1.54, 1.807) is 0 Å². The third-order valence-electron chi connectivity index (χ3n) is 4.09. The molecule has 0 saturated heterocycles. The van der Waals surface area contributed by atoms with Gasteiger partial charge in [0.15, 0.2) is 0 Å². The van der Waals surface area contributed by atoms with Gasteiger partial charge in [0, 0.05) is 17.9 Å². The Morgan fingerprint density at radius 2 is 1.19 bits per heavy atom. The highest BCUT2D eigenvalue weighted by Crippen LogP contribution is 2.74. The molecule has 150 valence electrons. The van der Waals surface area contributed by atoms with Crippen molar-refractivity contribution < 1.29 is 0 Å². The van der Waals surface area contributed by atoms with Crippen LogP contribution in [0.4, 0.5) is 0 Å². The normalized spacial score (nSPS) is 25.3. The first-order valence-corrected chi connectivity index (χ1v) is 16.4. The molecule has 0 heterocycles. The summed E-state index contributed by atoms with van der Waals surface area (Å²) in [6.07, 6.45) is 0. The van der Waals surface area contributed by atoms with Crippen molar-refractivity contribution in [3.05, 3.63) is 53.8 Å². The number of allylic oxidation sites excluding steroid dienone is 4. The molecule has 2 rings (SSSR count). The van der Waals surface area contributed by atoms with Crippen molar-refractivity contribution in [3.63, 3.8) is 0 Å². The summed E-state index contributed by atoms with van der Waals surface area (Å²) in [7, 11) is 0. The lowest BCUT2D eigenvalue weighted by Gasteiger charge is -2.59. The van der Waals surface area contributed by atoms with Crippen LogP contribution >= 0.6 is 191 Å². The van der Waals surface area contributed by atoms with Gasteiger partial charge in [-0.15, -0.1) is 0 Å². The molecule has 0 fully saturated rings. The van der Waals surface area contributed by atoms with Crippen molar-refractivity contribution >= 4 is 191 Å². The second-order valence-corrected chi connectivity index (χ2v) is 24.4. The summed E-state index contributed by atoms with van der Waals surface area (Å²) in [5.74, 6) is 0. The number of hydrogen-bond donors (Lipinski definition) is 0. The van der Waals surface area contributed by atoms with E-state index in [1.807, 2.05) is 18.2 Å². The Morgan fingerprint density at radius 1 is 0.741 bits per heavy atom. The SMILES string of the molecule is BrC1=C(Br)C(Br)C(Br)(C(c2ccccc2)(C(Br)(Br)Br)C(Br)(Br)Br)C(Br)=C1Br. The quantitative estimate of drug-likeness (QED) is 0.259. The molecule has 0 bridgehead atoms. The first-order chi connectivity index (χ1) is 12.2. The zero-order valence-corrected chi connectivity index (χ0v) is 31.5. The minimum atomic E-state index is -0.785. The van der Waals surface area contributed by atoms with Gasteiger partial charge < -0.3 is 0 Å². The Morgan fingerprint density at radius 3 is 1.59 bits per heavy atom. The Bertz CT molecular complexity index is 771. The minimum absolute atomic E-state index is 0.172. The maximum absolute atomic E-state index is 4.12. The van der Waals surface area contributed by atoms with E-state index in [-0.39, 0.29) is 4.83 Å². The molecule has 0 saturated carbocycles. The molecule has 27 heavy (non-hydrogen) atoms. The van der Waals surface area contributed by atoms with Gasteiger partial charge in [0.1, 0.15) is 4.29 Å². The first-order valence-electron chi connectivity index (χ1n) is 6.79. The molecular weight excluding hydrogens is 1140 g/mol. The first kappa shape index (κ1) is 27.7. The summed E-state index contributed by atoms with van der Waals surface area (Å²) in [6, 6.07) is 10.2. The zero-order valence-electron chi connectivity index (χ0n) is 12.5. The Balaban J connectivity index is 3.08. The van der Waals surface area contributed by atoms with Crippen molar-refractivity contribution in [3.8, 4) is 0 Å². The van der Waals surface area contributed by atoms with E-state index in [9.17, 15) is 0 Å². The number of hydrogen-bond acceptors (Lipinski definition) is 0. The largest absolute Gasteiger partial charge is 0.149 e. The highest BCUT2D eigenvalue weighted by molar-refractivity contribution is 9.41. The number of benzene rings is 1. The van der Waals surface area contributed by atoms with Gasteiger partial charge in [0.05, 0.1) is 14.6 Å². The van der Waals surface area contributed by atoms with Gasteiger partial charge in [-0.05, 0) is 37.4 Å². The predicted octanol–water partition coefficient (Wildman–Crippen LogP) is 11.5. The highest BCUT2D eigenvalue weighted by Gasteiger charge is 2.73. The van der Waals surface area contributed by atoms with Crippen LogP contribution in [0.25, 0.3) is 0 Å². The van der Waals surface area contributed by atoms with Crippen molar-refractivity contribution in [2.75, 3.05) is 0 Å². The highest BCUT2D eigenvalue weighted by atomic mass is 80.0. The Hall–Kier alpha value is 4.46. The summed E-state index contributed by atoms with van der Waals surface area (Å²) in [5, 5.41) is 0. The third-order valence-corrected chi connectivity index (χ3v) is 17.1. The summed E-state index contributed by atoms with van der Waals surface area (Å²) in [5.41, 5.74) is 0.241. The van der Waals surface area contributed by atoms with Gasteiger partial charge in [-0.1, -0.05) is 190 Å². The lowest BCUT2D eigenvalue weighted by molar-refractivity contribution is 0.409. The molecule has 1 aromatic carbocycles. The van der Waals surface area contributed by atoms with Crippen molar-refractivity contribution in [2.24, 2.45) is 0 Å². The van der Waals surface area contributed by atoms with E-state index in [0.29, 0.717) is 0 Å². The third kappa shape index (κ3) is 4.57. The molecule has 0 aromatic heterocycles. The number of alkyl halides is 8. The average molecular weight is 1150 g/mol. The van der Waals surface area contributed by atoms with E-state index in [0.717, 1.165) is 23.5 Å². The van der Waals surface area contributed by atoms with Crippen molar-refractivity contribution in [1.82, 2.24) is 0 Å². The van der Waals surface area contributed by atoms with Crippen LogP contribution in [0.5, 0.6) is 0 Å². The molecule has 0 N–H and O–H groups in total. The fraction of sp³-hybridized carbons (Fsp3) is 0.333. The maximum Gasteiger partial charge on any atom is 0.149 e.